The van der Waals surface area contributed by atoms with Gasteiger partial charge < -0.3 is 19.9 Å². The molecule has 1 aliphatic heterocycles. The summed E-state index contributed by atoms with van der Waals surface area (Å²) in [6, 6.07) is 15.5. The van der Waals surface area contributed by atoms with Crippen molar-refractivity contribution in [3.8, 4) is 5.75 Å². The Morgan fingerprint density at radius 1 is 1.09 bits per heavy atom. The Balaban J connectivity index is 1.61. The van der Waals surface area contributed by atoms with E-state index in [0.717, 1.165) is 30.4 Å². The van der Waals surface area contributed by atoms with Crippen molar-refractivity contribution in [1.29, 1.82) is 0 Å². The van der Waals surface area contributed by atoms with Crippen LogP contribution in [0.1, 0.15) is 52.5 Å². The van der Waals surface area contributed by atoms with Gasteiger partial charge in [0.1, 0.15) is 5.75 Å². The molecule has 1 aliphatic rings. The molecule has 2 amide bonds. The Kier molecular flexibility index (Phi) is 8.45. The van der Waals surface area contributed by atoms with Crippen molar-refractivity contribution in [2.45, 2.75) is 45.8 Å². The maximum Gasteiger partial charge on any atom is 0.252 e. The van der Waals surface area contributed by atoms with Crippen molar-refractivity contribution < 1.29 is 18.8 Å². The summed E-state index contributed by atoms with van der Waals surface area (Å²) >= 11 is 0. The first kappa shape index (κ1) is 24.4. The van der Waals surface area contributed by atoms with Crippen molar-refractivity contribution in [2.24, 2.45) is 0 Å². The average Bonchev–Trinajstić information content (AvgIpc) is 3.28. The fourth-order valence-electron chi connectivity index (χ4n) is 4.05. The van der Waals surface area contributed by atoms with Crippen molar-refractivity contribution in [1.82, 2.24) is 25.7 Å². The van der Waals surface area contributed by atoms with Crippen molar-refractivity contribution in [3.05, 3.63) is 76.9 Å². The second kappa shape index (κ2) is 12.1. The molecular formula is C26H31N5O4. The SMILES string of the molecule is Cc1nc(CNC(=O)c2cccc3c2CN(Cc2ccccc2)CC(=O)NCCCCCO3)no1. The van der Waals surface area contributed by atoms with E-state index in [4.69, 9.17) is 9.26 Å². The van der Waals surface area contributed by atoms with Crippen LogP contribution >= 0.6 is 0 Å². The minimum absolute atomic E-state index is 0.0305. The van der Waals surface area contributed by atoms with Crippen molar-refractivity contribution in [3.63, 3.8) is 0 Å². The minimum Gasteiger partial charge on any atom is -0.493 e. The molecule has 0 unspecified atom stereocenters. The Labute approximate surface area is 204 Å². The number of hydrogen-bond acceptors (Lipinski definition) is 7. The van der Waals surface area contributed by atoms with Crippen LogP contribution in [0, 0.1) is 6.92 Å². The standard InChI is InChI=1S/C26H31N5O4/c1-19-29-24(30-35-19)15-28-26(33)21-11-8-12-23-22(21)17-31(16-20-9-4-2-5-10-20)18-25(32)27-13-6-3-7-14-34-23/h2,4-5,8-12H,3,6-7,13-18H2,1H3,(H,27,32)(H,28,33). The fourth-order valence-corrected chi connectivity index (χ4v) is 4.05. The third-order valence-electron chi connectivity index (χ3n) is 5.75. The molecule has 0 saturated heterocycles. The summed E-state index contributed by atoms with van der Waals surface area (Å²) in [6.07, 6.45) is 2.73. The quantitative estimate of drug-likeness (QED) is 0.581. The molecule has 2 aromatic carbocycles. The van der Waals surface area contributed by atoms with E-state index in [-0.39, 0.29) is 24.9 Å². The first-order chi connectivity index (χ1) is 17.1. The van der Waals surface area contributed by atoms with E-state index in [0.29, 0.717) is 49.3 Å². The summed E-state index contributed by atoms with van der Waals surface area (Å²) in [7, 11) is 0. The van der Waals surface area contributed by atoms with E-state index < -0.39 is 0 Å². The number of amides is 2. The zero-order valence-electron chi connectivity index (χ0n) is 20.0. The van der Waals surface area contributed by atoms with Gasteiger partial charge in [0, 0.05) is 37.7 Å². The first-order valence-electron chi connectivity index (χ1n) is 11.9. The first-order valence-corrected chi connectivity index (χ1v) is 11.9. The van der Waals surface area contributed by atoms with Crippen LogP contribution in [0.2, 0.25) is 0 Å². The molecule has 0 fully saturated rings. The number of aryl methyl sites for hydroxylation is 1. The van der Waals surface area contributed by atoms with Gasteiger partial charge in [-0.2, -0.15) is 4.98 Å². The van der Waals surface area contributed by atoms with Crippen LogP contribution in [0.15, 0.2) is 53.1 Å². The van der Waals surface area contributed by atoms with Gasteiger partial charge in [0.05, 0.1) is 19.7 Å². The number of aromatic nitrogens is 2. The molecular weight excluding hydrogens is 446 g/mol. The summed E-state index contributed by atoms with van der Waals surface area (Å²) in [6.45, 7) is 4.20. The van der Waals surface area contributed by atoms with E-state index in [1.54, 1.807) is 13.0 Å². The lowest BCUT2D eigenvalue weighted by atomic mass is 10.0. The third kappa shape index (κ3) is 7.13. The van der Waals surface area contributed by atoms with E-state index in [1.807, 2.05) is 47.4 Å². The second-order valence-electron chi connectivity index (χ2n) is 8.58. The van der Waals surface area contributed by atoms with Crippen LogP contribution in [0.4, 0.5) is 0 Å². The number of nitrogens with one attached hydrogen (secondary N) is 2. The molecule has 2 heterocycles. The molecule has 0 radical (unpaired) electrons. The zero-order chi connectivity index (χ0) is 24.5. The van der Waals surface area contributed by atoms with Crippen LogP contribution in [-0.2, 0) is 24.4 Å². The van der Waals surface area contributed by atoms with Crippen molar-refractivity contribution in [2.75, 3.05) is 19.7 Å². The van der Waals surface area contributed by atoms with E-state index in [2.05, 4.69) is 20.8 Å². The molecule has 2 N–H and O–H groups in total. The fraction of sp³-hybridized carbons (Fsp3) is 0.385. The number of nitrogens with zero attached hydrogens (tertiary/aromatic N) is 3. The monoisotopic (exact) mass is 477 g/mol. The van der Waals surface area contributed by atoms with Crippen LogP contribution in [0.25, 0.3) is 0 Å². The van der Waals surface area contributed by atoms with Gasteiger partial charge in [-0.3, -0.25) is 14.5 Å². The maximum absolute atomic E-state index is 13.2. The van der Waals surface area contributed by atoms with Gasteiger partial charge in [-0.1, -0.05) is 41.6 Å². The molecule has 0 aliphatic carbocycles. The van der Waals surface area contributed by atoms with Crippen LogP contribution in [0.5, 0.6) is 5.75 Å². The summed E-state index contributed by atoms with van der Waals surface area (Å²) in [5.41, 5.74) is 2.33. The zero-order valence-corrected chi connectivity index (χ0v) is 20.0. The van der Waals surface area contributed by atoms with E-state index >= 15 is 0 Å². The lowest BCUT2D eigenvalue weighted by molar-refractivity contribution is -0.122. The van der Waals surface area contributed by atoms with E-state index in [1.165, 1.54) is 0 Å². The number of ether oxygens (including phenoxy) is 1. The average molecular weight is 478 g/mol. The maximum atomic E-state index is 13.2. The molecule has 35 heavy (non-hydrogen) atoms. The lowest BCUT2D eigenvalue weighted by Gasteiger charge is -2.24. The summed E-state index contributed by atoms with van der Waals surface area (Å²) in [5.74, 6) is 1.22. The summed E-state index contributed by atoms with van der Waals surface area (Å²) < 4.78 is 11.1. The molecule has 0 saturated carbocycles. The van der Waals surface area contributed by atoms with Gasteiger partial charge in [0.25, 0.3) is 5.91 Å². The predicted molar refractivity (Wildman–Crippen MR) is 130 cm³/mol. The van der Waals surface area contributed by atoms with Gasteiger partial charge in [0.2, 0.25) is 11.8 Å². The molecule has 0 atom stereocenters. The number of carbonyl (C=O) groups is 2. The van der Waals surface area contributed by atoms with Gasteiger partial charge >= 0.3 is 0 Å². The lowest BCUT2D eigenvalue weighted by Crippen LogP contribution is -2.37. The predicted octanol–water partition coefficient (Wildman–Crippen LogP) is 2.99. The Morgan fingerprint density at radius 2 is 1.94 bits per heavy atom. The molecule has 9 heteroatoms. The molecule has 9 nitrogen and oxygen atoms in total. The Bertz CT molecular complexity index is 1130. The molecule has 3 aromatic rings. The number of hydrogen-bond donors (Lipinski definition) is 2. The second-order valence-corrected chi connectivity index (χ2v) is 8.58. The number of rotatable bonds is 5. The highest BCUT2D eigenvalue weighted by molar-refractivity contribution is 5.96. The summed E-state index contributed by atoms with van der Waals surface area (Å²) in [4.78, 5) is 32.1. The van der Waals surface area contributed by atoms with Crippen LogP contribution < -0.4 is 15.4 Å². The highest BCUT2D eigenvalue weighted by Crippen LogP contribution is 2.26. The molecule has 0 spiro atoms. The Hall–Kier alpha value is -3.72. The largest absolute Gasteiger partial charge is 0.493 e. The minimum atomic E-state index is -0.263. The highest BCUT2D eigenvalue weighted by Gasteiger charge is 2.21. The summed E-state index contributed by atoms with van der Waals surface area (Å²) in [5, 5.41) is 9.72. The highest BCUT2D eigenvalue weighted by atomic mass is 16.5. The van der Waals surface area contributed by atoms with Gasteiger partial charge in [-0.05, 0) is 37.0 Å². The number of benzene rings is 2. The van der Waals surface area contributed by atoms with E-state index in [9.17, 15) is 9.59 Å². The Morgan fingerprint density at radius 3 is 2.74 bits per heavy atom. The number of fused-ring (bicyclic) bond motifs is 1. The van der Waals surface area contributed by atoms with Gasteiger partial charge in [-0.25, -0.2) is 0 Å². The molecule has 184 valence electrons. The van der Waals surface area contributed by atoms with Gasteiger partial charge in [0.15, 0.2) is 5.82 Å². The number of carbonyl (C=O) groups excluding carboxylic acids is 2. The smallest absolute Gasteiger partial charge is 0.252 e. The van der Waals surface area contributed by atoms with Crippen molar-refractivity contribution >= 4 is 11.8 Å². The normalized spacial score (nSPS) is 15.5. The third-order valence-corrected chi connectivity index (χ3v) is 5.75. The topological polar surface area (TPSA) is 110 Å². The molecule has 1 aromatic heterocycles. The van der Waals surface area contributed by atoms with Crippen LogP contribution in [0.3, 0.4) is 0 Å². The van der Waals surface area contributed by atoms with Crippen LogP contribution in [-0.4, -0.2) is 46.6 Å². The van der Waals surface area contributed by atoms with Gasteiger partial charge in [-0.15, -0.1) is 0 Å². The molecule has 4 rings (SSSR count). The molecule has 0 bridgehead atoms.